The summed E-state index contributed by atoms with van der Waals surface area (Å²) >= 11 is 0. The van der Waals surface area contributed by atoms with Crippen molar-refractivity contribution in [3.63, 3.8) is 0 Å². The molecule has 4 rings (SSSR count). The topological polar surface area (TPSA) is 68.2 Å². The first-order valence-corrected chi connectivity index (χ1v) is 7.79. The van der Waals surface area contributed by atoms with E-state index >= 15 is 0 Å². The number of nitrogens with zero attached hydrogens (tertiary/aromatic N) is 1. The summed E-state index contributed by atoms with van der Waals surface area (Å²) in [6.07, 6.45) is -2.80. The number of aliphatic carboxylic acids is 1. The average molecular weight is 361 g/mol. The van der Waals surface area contributed by atoms with Gasteiger partial charge in [0.15, 0.2) is 11.5 Å². The summed E-state index contributed by atoms with van der Waals surface area (Å²) in [5.74, 6) is -0.924. The van der Waals surface area contributed by atoms with Crippen LogP contribution in [0.3, 0.4) is 0 Å². The summed E-state index contributed by atoms with van der Waals surface area (Å²) in [5, 5.41) is 7.12. The molecule has 0 unspecified atom stereocenters. The maximum absolute atomic E-state index is 10.6. The number of likely N-dealkylation sites (N-methyl/N-ethyl adjacent to an activating group) is 1. The second-order valence-electron chi connectivity index (χ2n) is 6.11. The van der Waals surface area contributed by atoms with Gasteiger partial charge in [0, 0.05) is 24.6 Å². The van der Waals surface area contributed by atoms with Gasteiger partial charge in [0.2, 0.25) is 6.79 Å². The molecule has 0 radical (unpaired) electrons. The molecule has 0 spiro atoms. The number of rotatable bonds is 0. The van der Waals surface area contributed by atoms with Gasteiger partial charge in [0.1, 0.15) is 0 Å². The standard InChI is InChI=1S/C14H17NO3.C2HF3O2/c1-15-4-5-16-13-7-10-9(6-11(13)15)2-3-12-14(10)18-8-17-12;3-2(4,5)1(6)7/h2-3,11,13H,4-8H2,1H3;(H,6,7)/t11-,13-;/m1./s1. The van der Waals surface area contributed by atoms with E-state index in [0.717, 1.165) is 37.5 Å². The highest BCUT2D eigenvalue weighted by atomic mass is 19.4. The molecule has 25 heavy (non-hydrogen) atoms. The Morgan fingerprint density at radius 1 is 1.28 bits per heavy atom. The van der Waals surface area contributed by atoms with Crippen LogP contribution in [0, 0.1) is 0 Å². The molecule has 1 N–H and O–H groups in total. The average Bonchev–Trinajstić information content (AvgIpc) is 3.02. The number of carboxylic acids is 1. The van der Waals surface area contributed by atoms with Crippen LogP contribution >= 0.6 is 0 Å². The first-order valence-electron chi connectivity index (χ1n) is 7.79. The molecule has 0 saturated carbocycles. The highest BCUT2D eigenvalue weighted by Gasteiger charge is 2.38. The number of fused-ring (bicyclic) bond motifs is 4. The highest BCUT2D eigenvalue weighted by molar-refractivity contribution is 5.73. The fraction of sp³-hybridized carbons (Fsp3) is 0.562. The van der Waals surface area contributed by atoms with Gasteiger partial charge in [-0.05, 0) is 25.1 Å². The van der Waals surface area contributed by atoms with Gasteiger partial charge in [-0.1, -0.05) is 6.07 Å². The Morgan fingerprint density at radius 2 is 2.00 bits per heavy atom. The van der Waals surface area contributed by atoms with E-state index in [9.17, 15) is 13.2 Å². The molecule has 2 atom stereocenters. The molecule has 1 aromatic rings. The third kappa shape index (κ3) is 3.67. The smallest absolute Gasteiger partial charge is 0.475 e. The number of carboxylic acid groups (broad SMARTS) is 1. The van der Waals surface area contributed by atoms with Gasteiger partial charge in [0.25, 0.3) is 0 Å². The zero-order valence-electron chi connectivity index (χ0n) is 13.5. The lowest BCUT2D eigenvalue weighted by atomic mass is 9.84. The molecule has 0 amide bonds. The predicted octanol–water partition coefficient (Wildman–Crippen LogP) is 1.85. The SMILES string of the molecule is CN1CCO[C@@H]2Cc3c(ccc4c3OCO4)C[C@H]21.O=C(O)C(F)(F)F. The maximum atomic E-state index is 10.6. The number of morpholine rings is 1. The molecule has 3 aliphatic rings. The largest absolute Gasteiger partial charge is 0.490 e. The summed E-state index contributed by atoms with van der Waals surface area (Å²) in [4.78, 5) is 11.3. The van der Waals surface area contributed by atoms with E-state index < -0.39 is 12.1 Å². The number of halogens is 3. The summed E-state index contributed by atoms with van der Waals surface area (Å²) in [5.41, 5.74) is 2.68. The van der Waals surface area contributed by atoms with E-state index in [1.54, 1.807) is 0 Å². The zero-order chi connectivity index (χ0) is 18.2. The molecule has 1 aliphatic carbocycles. The van der Waals surface area contributed by atoms with Gasteiger partial charge < -0.3 is 19.3 Å². The lowest BCUT2D eigenvalue weighted by molar-refractivity contribution is -0.192. The minimum atomic E-state index is -5.08. The van der Waals surface area contributed by atoms with E-state index in [-0.39, 0.29) is 0 Å². The summed E-state index contributed by atoms with van der Waals surface area (Å²) in [6, 6.07) is 4.72. The van der Waals surface area contributed by atoms with Crippen molar-refractivity contribution in [3.05, 3.63) is 23.3 Å². The van der Waals surface area contributed by atoms with Crippen LogP contribution in [0.25, 0.3) is 0 Å². The van der Waals surface area contributed by atoms with Crippen LogP contribution < -0.4 is 9.47 Å². The van der Waals surface area contributed by atoms with Crippen LogP contribution in [0.2, 0.25) is 0 Å². The third-order valence-corrected chi connectivity index (χ3v) is 4.59. The van der Waals surface area contributed by atoms with Crippen molar-refractivity contribution < 1.29 is 37.3 Å². The van der Waals surface area contributed by atoms with Crippen molar-refractivity contribution in [1.82, 2.24) is 4.90 Å². The van der Waals surface area contributed by atoms with E-state index in [4.69, 9.17) is 24.1 Å². The maximum Gasteiger partial charge on any atom is 0.490 e. The minimum Gasteiger partial charge on any atom is -0.475 e. The molecule has 9 heteroatoms. The quantitative estimate of drug-likeness (QED) is 0.761. The zero-order valence-corrected chi connectivity index (χ0v) is 13.5. The normalized spacial score (nSPS) is 24.6. The number of ether oxygens (including phenoxy) is 3. The first kappa shape index (κ1) is 17.8. The fourth-order valence-electron chi connectivity index (χ4n) is 3.30. The lowest BCUT2D eigenvalue weighted by Gasteiger charge is -2.42. The predicted molar refractivity (Wildman–Crippen MR) is 79.8 cm³/mol. The van der Waals surface area contributed by atoms with Crippen molar-refractivity contribution in [2.24, 2.45) is 0 Å². The van der Waals surface area contributed by atoms with Crippen LogP contribution in [0.5, 0.6) is 11.5 Å². The summed E-state index contributed by atoms with van der Waals surface area (Å²) in [7, 11) is 2.19. The Labute approximate surface area is 142 Å². The second kappa shape index (κ2) is 6.72. The van der Waals surface area contributed by atoms with E-state index in [1.807, 2.05) is 6.07 Å². The molecule has 2 heterocycles. The Bertz CT molecular complexity index is 664. The van der Waals surface area contributed by atoms with Gasteiger partial charge >= 0.3 is 12.1 Å². The molecule has 1 aromatic carbocycles. The van der Waals surface area contributed by atoms with Crippen molar-refractivity contribution >= 4 is 5.97 Å². The number of carbonyl (C=O) groups is 1. The fourth-order valence-corrected chi connectivity index (χ4v) is 3.30. The Hall–Kier alpha value is -2.00. The number of alkyl halides is 3. The molecule has 1 saturated heterocycles. The molecule has 1 fully saturated rings. The Kier molecular flexibility index (Phi) is 4.79. The minimum absolute atomic E-state index is 0.298. The Morgan fingerprint density at radius 3 is 2.68 bits per heavy atom. The van der Waals surface area contributed by atoms with Crippen LogP contribution in [-0.2, 0) is 22.4 Å². The molecular weight excluding hydrogens is 343 g/mol. The highest BCUT2D eigenvalue weighted by Crippen LogP contribution is 2.42. The van der Waals surface area contributed by atoms with Gasteiger partial charge in [-0.15, -0.1) is 0 Å². The molecule has 6 nitrogen and oxygen atoms in total. The molecule has 0 aromatic heterocycles. The van der Waals surface area contributed by atoms with E-state index in [2.05, 4.69) is 18.0 Å². The van der Waals surface area contributed by atoms with Crippen LogP contribution in [0.4, 0.5) is 13.2 Å². The third-order valence-electron chi connectivity index (χ3n) is 4.59. The molecular formula is C16H18F3NO5. The van der Waals surface area contributed by atoms with Crippen LogP contribution in [0.1, 0.15) is 11.1 Å². The van der Waals surface area contributed by atoms with E-state index in [1.165, 1.54) is 11.1 Å². The van der Waals surface area contributed by atoms with E-state index in [0.29, 0.717) is 18.9 Å². The van der Waals surface area contributed by atoms with Crippen molar-refractivity contribution in [3.8, 4) is 11.5 Å². The van der Waals surface area contributed by atoms with Gasteiger partial charge in [-0.2, -0.15) is 13.2 Å². The Balaban J connectivity index is 0.000000225. The van der Waals surface area contributed by atoms with Crippen molar-refractivity contribution in [2.45, 2.75) is 31.2 Å². The number of benzene rings is 1. The van der Waals surface area contributed by atoms with Crippen LogP contribution in [0.15, 0.2) is 12.1 Å². The van der Waals surface area contributed by atoms with Crippen molar-refractivity contribution in [1.29, 1.82) is 0 Å². The van der Waals surface area contributed by atoms with Crippen molar-refractivity contribution in [2.75, 3.05) is 27.0 Å². The second-order valence-corrected chi connectivity index (χ2v) is 6.11. The number of hydrogen-bond acceptors (Lipinski definition) is 5. The summed E-state index contributed by atoms with van der Waals surface area (Å²) in [6.45, 7) is 2.21. The molecule has 138 valence electrons. The molecule has 0 bridgehead atoms. The van der Waals surface area contributed by atoms with Gasteiger partial charge in [-0.25, -0.2) is 4.79 Å². The first-order chi connectivity index (χ1) is 11.8. The number of hydrogen-bond donors (Lipinski definition) is 1. The lowest BCUT2D eigenvalue weighted by Crippen LogP contribution is -2.53. The molecule has 2 aliphatic heterocycles. The van der Waals surface area contributed by atoms with Crippen LogP contribution in [-0.4, -0.2) is 61.3 Å². The summed E-state index contributed by atoms with van der Waals surface area (Å²) < 4.78 is 48.7. The van der Waals surface area contributed by atoms with Gasteiger partial charge in [-0.3, -0.25) is 4.90 Å². The van der Waals surface area contributed by atoms with Gasteiger partial charge in [0.05, 0.1) is 12.7 Å². The monoisotopic (exact) mass is 361 g/mol.